The van der Waals surface area contributed by atoms with Gasteiger partial charge in [-0.15, -0.1) is 0 Å². The smallest absolute Gasteiger partial charge is 0.410 e. The van der Waals surface area contributed by atoms with Gasteiger partial charge in [0.2, 0.25) is 0 Å². The number of fused-ring (bicyclic) bond motifs is 1. The molecule has 2 aliphatic heterocycles. The Labute approximate surface area is 158 Å². The van der Waals surface area contributed by atoms with Crippen molar-refractivity contribution in [2.75, 3.05) is 26.2 Å². The van der Waals surface area contributed by atoms with E-state index in [0.29, 0.717) is 32.0 Å². The lowest BCUT2D eigenvalue weighted by atomic mass is 10.0. The number of carbonyl (C=O) groups excluding carboxylic acids is 2. The lowest BCUT2D eigenvalue weighted by Gasteiger charge is -2.36. The van der Waals surface area contributed by atoms with E-state index in [1.807, 2.05) is 47.4 Å². The van der Waals surface area contributed by atoms with Gasteiger partial charge in [-0.05, 0) is 42.7 Å². The molecular formula is C21H24N2O4. The molecule has 27 heavy (non-hydrogen) atoms. The van der Waals surface area contributed by atoms with Crippen molar-refractivity contribution in [1.29, 1.82) is 0 Å². The molecule has 2 saturated heterocycles. The standard InChI is InChI=1S/C21H24N2O4/c1-15(27-19-7-6-16-4-2-3-5-17(16)14-19)20(24)22-10-8-18(9-11-22)23-12-13-26-21(23)25/h2-7,14-15,18H,8-13H2,1H3/t15-/m1/s1. The van der Waals surface area contributed by atoms with Crippen LogP contribution in [0, 0.1) is 0 Å². The maximum atomic E-state index is 12.8. The van der Waals surface area contributed by atoms with Crippen LogP contribution in [0.1, 0.15) is 19.8 Å². The van der Waals surface area contributed by atoms with Crippen molar-refractivity contribution in [2.24, 2.45) is 0 Å². The highest BCUT2D eigenvalue weighted by Crippen LogP contribution is 2.23. The Balaban J connectivity index is 1.34. The second kappa shape index (κ2) is 7.47. The number of cyclic esters (lactones) is 1. The summed E-state index contributed by atoms with van der Waals surface area (Å²) in [6.45, 7) is 4.19. The SMILES string of the molecule is C[C@@H](Oc1ccc2ccccc2c1)C(=O)N1CCC(N2CCOC2=O)CC1. The van der Waals surface area contributed by atoms with Crippen LogP contribution < -0.4 is 4.74 Å². The molecule has 2 fully saturated rings. The number of rotatable bonds is 4. The number of likely N-dealkylation sites (tertiary alicyclic amines) is 1. The minimum absolute atomic E-state index is 0.00870. The predicted octanol–water partition coefficient (Wildman–Crippen LogP) is 3.05. The zero-order valence-electron chi connectivity index (χ0n) is 15.5. The average Bonchev–Trinajstić information content (AvgIpc) is 3.13. The van der Waals surface area contributed by atoms with E-state index in [0.717, 1.165) is 23.6 Å². The van der Waals surface area contributed by atoms with Crippen LogP contribution in [-0.2, 0) is 9.53 Å². The zero-order valence-corrected chi connectivity index (χ0v) is 15.5. The average molecular weight is 368 g/mol. The molecule has 6 heteroatoms. The highest BCUT2D eigenvalue weighted by molar-refractivity contribution is 5.84. The highest BCUT2D eigenvalue weighted by atomic mass is 16.6. The second-order valence-electron chi connectivity index (χ2n) is 7.13. The first-order valence-electron chi connectivity index (χ1n) is 9.49. The number of nitrogens with zero attached hydrogens (tertiary/aromatic N) is 2. The zero-order chi connectivity index (χ0) is 18.8. The van der Waals surface area contributed by atoms with E-state index in [2.05, 4.69) is 0 Å². The summed E-state index contributed by atoms with van der Waals surface area (Å²) in [6, 6.07) is 14.1. The van der Waals surface area contributed by atoms with Crippen LogP contribution in [0.2, 0.25) is 0 Å². The van der Waals surface area contributed by atoms with Gasteiger partial charge in [0, 0.05) is 19.1 Å². The minimum Gasteiger partial charge on any atom is -0.481 e. The number of hydrogen-bond donors (Lipinski definition) is 0. The van der Waals surface area contributed by atoms with Gasteiger partial charge in [-0.1, -0.05) is 30.3 Å². The molecule has 0 N–H and O–H groups in total. The van der Waals surface area contributed by atoms with Crippen molar-refractivity contribution in [3.8, 4) is 5.75 Å². The lowest BCUT2D eigenvalue weighted by Crippen LogP contribution is -2.49. The van der Waals surface area contributed by atoms with E-state index < -0.39 is 6.10 Å². The Morgan fingerprint density at radius 3 is 2.56 bits per heavy atom. The molecule has 0 saturated carbocycles. The molecule has 2 aliphatic rings. The fourth-order valence-electron chi connectivity index (χ4n) is 3.89. The van der Waals surface area contributed by atoms with Crippen molar-refractivity contribution in [1.82, 2.24) is 9.80 Å². The first-order valence-corrected chi connectivity index (χ1v) is 9.49. The van der Waals surface area contributed by atoms with Gasteiger partial charge in [0.15, 0.2) is 6.10 Å². The summed E-state index contributed by atoms with van der Waals surface area (Å²) in [5.41, 5.74) is 0. The van der Waals surface area contributed by atoms with Crippen LogP contribution in [0.4, 0.5) is 4.79 Å². The van der Waals surface area contributed by atoms with E-state index in [-0.39, 0.29) is 18.0 Å². The maximum absolute atomic E-state index is 12.8. The monoisotopic (exact) mass is 368 g/mol. The summed E-state index contributed by atoms with van der Waals surface area (Å²) in [4.78, 5) is 28.1. The molecule has 0 aromatic heterocycles. The minimum atomic E-state index is -0.542. The van der Waals surface area contributed by atoms with Gasteiger partial charge in [-0.25, -0.2) is 4.79 Å². The fourth-order valence-corrected chi connectivity index (χ4v) is 3.89. The van der Waals surface area contributed by atoms with Crippen LogP contribution in [0.25, 0.3) is 10.8 Å². The second-order valence-corrected chi connectivity index (χ2v) is 7.13. The molecule has 2 aromatic carbocycles. The first kappa shape index (κ1) is 17.6. The van der Waals surface area contributed by atoms with E-state index in [4.69, 9.17) is 9.47 Å². The van der Waals surface area contributed by atoms with Gasteiger partial charge in [0.25, 0.3) is 5.91 Å². The lowest BCUT2D eigenvalue weighted by molar-refractivity contribution is -0.139. The molecule has 4 rings (SSSR count). The summed E-state index contributed by atoms with van der Waals surface area (Å²) in [7, 11) is 0. The molecule has 2 heterocycles. The van der Waals surface area contributed by atoms with E-state index in [9.17, 15) is 9.59 Å². The van der Waals surface area contributed by atoms with Crippen molar-refractivity contribution in [2.45, 2.75) is 31.9 Å². The number of ether oxygens (including phenoxy) is 2. The van der Waals surface area contributed by atoms with Crippen molar-refractivity contribution >= 4 is 22.8 Å². The van der Waals surface area contributed by atoms with Crippen LogP contribution in [-0.4, -0.2) is 60.2 Å². The van der Waals surface area contributed by atoms with Crippen molar-refractivity contribution in [3.63, 3.8) is 0 Å². The van der Waals surface area contributed by atoms with Crippen LogP contribution in [0.3, 0.4) is 0 Å². The fraction of sp³-hybridized carbons (Fsp3) is 0.429. The number of hydrogen-bond acceptors (Lipinski definition) is 4. The largest absolute Gasteiger partial charge is 0.481 e. The van der Waals surface area contributed by atoms with E-state index in [1.165, 1.54) is 0 Å². The predicted molar refractivity (Wildman–Crippen MR) is 102 cm³/mol. The molecule has 0 spiro atoms. The number of piperidine rings is 1. The van der Waals surface area contributed by atoms with Crippen molar-refractivity contribution < 1.29 is 19.1 Å². The Kier molecular flexibility index (Phi) is 4.88. The summed E-state index contributed by atoms with van der Waals surface area (Å²) in [5.74, 6) is 0.690. The topological polar surface area (TPSA) is 59.1 Å². The Morgan fingerprint density at radius 2 is 1.85 bits per heavy atom. The Morgan fingerprint density at radius 1 is 1.11 bits per heavy atom. The van der Waals surface area contributed by atoms with Gasteiger partial charge in [-0.2, -0.15) is 0 Å². The quantitative estimate of drug-likeness (QED) is 0.832. The van der Waals surface area contributed by atoms with E-state index >= 15 is 0 Å². The third-order valence-corrected chi connectivity index (χ3v) is 5.39. The van der Waals surface area contributed by atoms with Crippen LogP contribution in [0.5, 0.6) is 5.75 Å². The van der Waals surface area contributed by atoms with Gasteiger partial charge in [0.05, 0.1) is 6.54 Å². The Hall–Kier alpha value is -2.76. The molecule has 142 valence electrons. The molecule has 0 radical (unpaired) electrons. The molecule has 0 unspecified atom stereocenters. The summed E-state index contributed by atoms with van der Waals surface area (Å²) in [5, 5.41) is 2.24. The molecular weight excluding hydrogens is 344 g/mol. The third kappa shape index (κ3) is 3.70. The molecule has 0 aliphatic carbocycles. The van der Waals surface area contributed by atoms with Crippen LogP contribution in [0.15, 0.2) is 42.5 Å². The van der Waals surface area contributed by atoms with Gasteiger partial charge in [-0.3, -0.25) is 4.79 Å². The molecule has 6 nitrogen and oxygen atoms in total. The number of benzene rings is 2. The summed E-state index contributed by atoms with van der Waals surface area (Å²) >= 11 is 0. The van der Waals surface area contributed by atoms with Gasteiger partial charge < -0.3 is 19.3 Å². The molecule has 0 bridgehead atoms. The normalized spacial score (nSPS) is 19.2. The third-order valence-electron chi connectivity index (χ3n) is 5.39. The molecule has 2 amide bonds. The molecule has 1 atom stereocenters. The first-order chi connectivity index (χ1) is 13.1. The van der Waals surface area contributed by atoms with Gasteiger partial charge in [0.1, 0.15) is 12.4 Å². The Bertz CT molecular complexity index is 845. The summed E-state index contributed by atoms with van der Waals surface area (Å²) in [6.07, 6.45) is 0.792. The van der Waals surface area contributed by atoms with Crippen LogP contribution >= 0.6 is 0 Å². The number of carbonyl (C=O) groups is 2. The summed E-state index contributed by atoms with van der Waals surface area (Å²) < 4.78 is 10.9. The maximum Gasteiger partial charge on any atom is 0.410 e. The van der Waals surface area contributed by atoms with E-state index in [1.54, 1.807) is 11.8 Å². The van der Waals surface area contributed by atoms with Gasteiger partial charge >= 0.3 is 6.09 Å². The number of amides is 2. The highest BCUT2D eigenvalue weighted by Gasteiger charge is 2.34. The molecule has 2 aromatic rings. The van der Waals surface area contributed by atoms with Crippen molar-refractivity contribution in [3.05, 3.63) is 42.5 Å².